The van der Waals surface area contributed by atoms with E-state index in [-0.39, 0.29) is 0 Å². The maximum atomic E-state index is 11.1. The van der Waals surface area contributed by atoms with Gasteiger partial charge in [-0.15, -0.1) is 0 Å². The third kappa shape index (κ3) is 2.20. The van der Waals surface area contributed by atoms with Crippen LogP contribution in [0, 0.1) is 5.41 Å². The fourth-order valence-electron chi connectivity index (χ4n) is 1.97. The monoisotopic (exact) mass is 266 g/mol. The average molecular weight is 267 g/mol. The number of halogens is 1. The molecule has 18 heavy (non-hydrogen) atoms. The molecule has 0 aliphatic carbocycles. The van der Waals surface area contributed by atoms with E-state index in [4.69, 9.17) is 16.7 Å². The van der Waals surface area contributed by atoms with Gasteiger partial charge < -0.3 is 5.11 Å². The molecule has 0 saturated carbocycles. The number of carboxylic acid groups (broad SMARTS) is 1. The first-order valence-corrected chi connectivity index (χ1v) is 6.03. The minimum atomic E-state index is -0.806. The van der Waals surface area contributed by atoms with Crippen LogP contribution in [0.2, 0.25) is 5.15 Å². The summed E-state index contributed by atoms with van der Waals surface area (Å²) in [4.78, 5) is 11.1. The van der Waals surface area contributed by atoms with Crippen LogP contribution in [0.4, 0.5) is 0 Å². The summed E-state index contributed by atoms with van der Waals surface area (Å²) < 4.78 is 1.71. The SMILES string of the molecule is Cn1nc(Cl)c2cc(CC(C)(C)C(=O)O)ccc21. The molecule has 0 aliphatic heterocycles. The van der Waals surface area contributed by atoms with Crippen molar-refractivity contribution >= 4 is 28.5 Å². The highest BCUT2D eigenvalue weighted by Crippen LogP contribution is 2.27. The van der Waals surface area contributed by atoms with Crippen LogP contribution in [0.15, 0.2) is 18.2 Å². The molecule has 0 spiro atoms. The fraction of sp³-hybridized carbons (Fsp3) is 0.385. The Kier molecular flexibility index (Phi) is 3.07. The van der Waals surface area contributed by atoms with Gasteiger partial charge in [-0.25, -0.2) is 0 Å². The number of aliphatic carboxylic acids is 1. The van der Waals surface area contributed by atoms with Crippen molar-refractivity contribution in [3.05, 3.63) is 28.9 Å². The third-order valence-electron chi connectivity index (χ3n) is 3.09. The van der Waals surface area contributed by atoms with Gasteiger partial charge in [0.15, 0.2) is 5.15 Å². The van der Waals surface area contributed by atoms with Crippen molar-refractivity contribution in [2.24, 2.45) is 12.5 Å². The predicted molar refractivity (Wildman–Crippen MR) is 70.8 cm³/mol. The van der Waals surface area contributed by atoms with Gasteiger partial charge in [0.05, 0.1) is 10.9 Å². The molecule has 0 bridgehead atoms. The summed E-state index contributed by atoms with van der Waals surface area (Å²) in [6, 6.07) is 5.75. The molecule has 0 aliphatic rings. The highest BCUT2D eigenvalue weighted by atomic mass is 35.5. The molecule has 0 atom stereocenters. The molecular formula is C13H15ClN2O2. The minimum absolute atomic E-state index is 0.447. The zero-order chi connectivity index (χ0) is 13.5. The molecule has 0 saturated heterocycles. The molecule has 1 heterocycles. The summed E-state index contributed by atoms with van der Waals surface area (Å²) >= 11 is 6.04. The van der Waals surface area contributed by atoms with E-state index in [2.05, 4.69) is 5.10 Å². The average Bonchev–Trinajstić information content (AvgIpc) is 2.54. The largest absolute Gasteiger partial charge is 0.481 e. The molecule has 1 aromatic carbocycles. The number of aryl methyl sites for hydroxylation is 1. The molecule has 96 valence electrons. The van der Waals surface area contributed by atoms with E-state index in [1.54, 1.807) is 18.5 Å². The quantitative estimate of drug-likeness (QED) is 0.929. The van der Waals surface area contributed by atoms with E-state index in [1.807, 2.05) is 25.2 Å². The van der Waals surface area contributed by atoms with Crippen molar-refractivity contribution < 1.29 is 9.90 Å². The Hall–Kier alpha value is -1.55. The van der Waals surface area contributed by atoms with Crippen molar-refractivity contribution in [2.45, 2.75) is 20.3 Å². The number of fused-ring (bicyclic) bond motifs is 1. The predicted octanol–water partition coefficient (Wildman–Crippen LogP) is 2.88. The van der Waals surface area contributed by atoms with Gasteiger partial charge in [-0.1, -0.05) is 17.7 Å². The molecule has 0 fully saturated rings. The molecule has 2 rings (SSSR count). The van der Waals surface area contributed by atoms with E-state index >= 15 is 0 Å². The zero-order valence-electron chi connectivity index (χ0n) is 10.6. The lowest BCUT2D eigenvalue weighted by Crippen LogP contribution is -2.26. The van der Waals surface area contributed by atoms with Crippen LogP contribution >= 0.6 is 11.6 Å². The molecule has 5 heteroatoms. The summed E-state index contributed by atoms with van der Waals surface area (Å²) in [6.07, 6.45) is 0.462. The maximum absolute atomic E-state index is 11.1. The Morgan fingerprint density at radius 2 is 2.17 bits per heavy atom. The molecular weight excluding hydrogens is 252 g/mol. The van der Waals surface area contributed by atoms with Crippen LogP contribution in [0.5, 0.6) is 0 Å². The smallest absolute Gasteiger partial charge is 0.309 e. The molecule has 1 N–H and O–H groups in total. The Morgan fingerprint density at radius 3 is 2.78 bits per heavy atom. The Morgan fingerprint density at radius 1 is 1.50 bits per heavy atom. The van der Waals surface area contributed by atoms with Crippen LogP contribution in [-0.4, -0.2) is 20.9 Å². The lowest BCUT2D eigenvalue weighted by Gasteiger charge is -2.18. The topological polar surface area (TPSA) is 55.1 Å². The highest BCUT2D eigenvalue weighted by molar-refractivity contribution is 6.34. The lowest BCUT2D eigenvalue weighted by atomic mass is 9.86. The van der Waals surface area contributed by atoms with Crippen LogP contribution in [0.3, 0.4) is 0 Å². The number of carboxylic acids is 1. The molecule has 0 unspecified atom stereocenters. The fourth-order valence-corrected chi connectivity index (χ4v) is 2.23. The zero-order valence-corrected chi connectivity index (χ0v) is 11.3. The first kappa shape index (κ1) is 12.9. The van der Waals surface area contributed by atoms with Crippen molar-refractivity contribution in [3.63, 3.8) is 0 Å². The van der Waals surface area contributed by atoms with Gasteiger partial charge in [0.1, 0.15) is 0 Å². The van der Waals surface area contributed by atoms with Gasteiger partial charge in [-0.2, -0.15) is 5.10 Å². The second kappa shape index (κ2) is 4.28. The van der Waals surface area contributed by atoms with E-state index in [0.29, 0.717) is 11.6 Å². The first-order chi connectivity index (χ1) is 8.31. The number of carbonyl (C=O) groups is 1. The second-order valence-corrected chi connectivity index (χ2v) is 5.49. The van der Waals surface area contributed by atoms with Crippen LogP contribution in [0.25, 0.3) is 10.9 Å². The Labute approximate surface area is 110 Å². The highest BCUT2D eigenvalue weighted by Gasteiger charge is 2.27. The lowest BCUT2D eigenvalue weighted by molar-refractivity contribution is -0.146. The first-order valence-electron chi connectivity index (χ1n) is 5.66. The number of hydrogen-bond acceptors (Lipinski definition) is 2. The Balaban J connectivity index is 2.42. The molecule has 0 radical (unpaired) electrons. The number of nitrogens with zero attached hydrogens (tertiary/aromatic N) is 2. The van der Waals surface area contributed by atoms with Crippen LogP contribution < -0.4 is 0 Å². The molecule has 4 nitrogen and oxygen atoms in total. The number of rotatable bonds is 3. The van der Waals surface area contributed by atoms with Crippen molar-refractivity contribution in [2.75, 3.05) is 0 Å². The van der Waals surface area contributed by atoms with E-state index in [1.165, 1.54) is 0 Å². The maximum Gasteiger partial charge on any atom is 0.309 e. The number of aromatic nitrogens is 2. The van der Waals surface area contributed by atoms with Crippen molar-refractivity contribution in [3.8, 4) is 0 Å². The summed E-state index contributed by atoms with van der Waals surface area (Å²) in [5.41, 5.74) is 1.10. The third-order valence-corrected chi connectivity index (χ3v) is 3.37. The van der Waals surface area contributed by atoms with Crippen molar-refractivity contribution in [1.29, 1.82) is 0 Å². The normalized spacial score (nSPS) is 12.0. The van der Waals surface area contributed by atoms with Crippen LogP contribution in [-0.2, 0) is 18.3 Å². The summed E-state index contributed by atoms with van der Waals surface area (Å²) in [7, 11) is 1.83. The van der Waals surface area contributed by atoms with Gasteiger partial charge in [-0.3, -0.25) is 9.48 Å². The number of hydrogen-bond donors (Lipinski definition) is 1. The second-order valence-electron chi connectivity index (χ2n) is 5.13. The van der Waals surface area contributed by atoms with E-state index < -0.39 is 11.4 Å². The van der Waals surface area contributed by atoms with Gasteiger partial charge in [0, 0.05) is 12.4 Å². The standard InChI is InChI=1S/C13H15ClN2O2/c1-13(2,12(17)18)7-8-4-5-10-9(6-8)11(14)15-16(10)3/h4-6H,7H2,1-3H3,(H,17,18). The summed E-state index contributed by atoms with van der Waals surface area (Å²) in [5, 5.41) is 14.6. The number of benzene rings is 1. The minimum Gasteiger partial charge on any atom is -0.481 e. The van der Waals surface area contributed by atoms with Crippen molar-refractivity contribution in [1.82, 2.24) is 9.78 Å². The summed E-state index contributed by atoms with van der Waals surface area (Å²) in [5.74, 6) is -0.806. The molecule has 0 amide bonds. The van der Waals surface area contributed by atoms with E-state index in [9.17, 15) is 4.79 Å². The van der Waals surface area contributed by atoms with Gasteiger partial charge in [0.2, 0.25) is 0 Å². The Bertz CT molecular complexity index is 617. The van der Waals surface area contributed by atoms with Crippen LogP contribution in [0.1, 0.15) is 19.4 Å². The molecule has 1 aromatic heterocycles. The van der Waals surface area contributed by atoms with Gasteiger partial charge in [0.25, 0.3) is 0 Å². The molecule has 2 aromatic rings. The summed E-state index contributed by atoms with van der Waals surface area (Å²) in [6.45, 7) is 3.43. The van der Waals surface area contributed by atoms with Gasteiger partial charge in [-0.05, 0) is 38.0 Å². The van der Waals surface area contributed by atoms with E-state index in [0.717, 1.165) is 16.5 Å². The van der Waals surface area contributed by atoms with Gasteiger partial charge >= 0.3 is 5.97 Å².